The Morgan fingerprint density at radius 3 is 1.60 bits per heavy atom. The monoisotopic (exact) mass is 370 g/mol. The van der Waals surface area contributed by atoms with Crippen LogP contribution in [0, 0.1) is 0 Å². The summed E-state index contributed by atoms with van der Waals surface area (Å²) in [7, 11) is 0. The summed E-state index contributed by atoms with van der Waals surface area (Å²) in [6.45, 7) is 6.76. The van der Waals surface area contributed by atoms with E-state index in [4.69, 9.17) is 9.47 Å². The summed E-state index contributed by atoms with van der Waals surface area (Å²) >= 11 is 2.29. The molecule has 0 saturated carbocycles. The van der Waals surface area contributed by atoms with Crippen LogP contribution in [0.4, 0.5) is 0 Å². The second-order valence-corrected chi connectivity index (χ2v) is 9.64. The van der Waals surface area contributed by atoms with Gasteiger partial charge in [-0.05, 0) is 64.2 Å². The molecule has 2 heterocycles. The molecule has 2 aliphatic rings. The van der Waals surface area contributed by atoms with Crippen LogP contribution in [0.1, 0.15) is 104 Å². The van der Waals surface area contributed by atoms with E-state index in [2.05, 4.69) is 25.6 Å². The molecule has 25 heavy (non-hydrogen) atoms. The maximum atomic E-state index is 5.75. The minimum absolute atomic E-state index is 0.583. The van der Waals surface area contributed by atoms with Crippen molar-refractivity contribution in [3.63, 3.8) is 0 Å². The van der Waals surface area contributed by atoms with E-state index in [1.54, 1.807) is 0 Å². The summed E-state index contributed by atoms with van der Waals surface area (Å²) in [5.41, 5.74) is 0. The van der Waals surface area contributed by atoms with E-state index in [9.17, 15) is 0 Å². The minimum Gasteiger partial charge on any atom is -0.378 e. The number of rotatable bonds is 14. The van der Waals surface area contributed by atoms with Gasteiger partial charge in [0.2, 0.25) is 0 Å². The van der Waals surface area contributed by atoms with E-state index in [-0.39, 0.29) is 0 Å². The summed E-state index contributed by atoms with van der Waals surface area (Å²) in [6, 6.07) is 0. The van der Waals surface area contributed by atoms with Crippen LogP contribution in [0.5, 0.6) is 0 Å². The van der Waals surface area contributed by atoms with Crippen LogP contribution in [0.25, 0.3) is 0 Å². The molecule has 0 spiro atoms. The first kappa shape index (κ1) is 21.6. The third-order valence-corrected chi connectivity index (χ3v) is 7.86. The highest BCUT2D eigenvalue weighted by atomic mass is 32.2. The normalized spacial score (nSPS) is 26.2. The highest BCUT2D eigenvalue weighted by molar-refractivity contribution is 8.00. The number of thioether (sulfide) groups is 1. The van der Waals surface area contributed by atoms with Crippen LogP contribution >= 0.6 is 11.8 Å². The molecule has 0 aromatic rings. The van der Waals surface area contributed by atoms with Crippen molar-refractivity contribution in [3.05, 3.63) is 0 Å². The third kappa shape index (κ3) is 9.15. The van der Waals surface area contributed by atoms with Gasteiger partial charge in [0.15, 0.2) is 0 Å². The fraction of sp³-hybridized carbons (Fsp3) is 1.00. The molecule has 2 aliphatic heterocycles. The molecule has 0 N–H and O–H groups in total. The summed E-state index contributed by atoms with van der Waals surface area (Å²) in [5, 5.41) is 1.74. The molecule has 3 heteroatoms. The largest absolute Gasteiger partial charge is 0.378 e. The molecule has 0 radical (unpaired) electrons. The first-order valence-electron chi connectivity index (χ1n) is 11.2. The fourth-order valence-corrected chi connectivity index (χ4v) is 5.78. The Labute approximate surface area is 161 Å². The van der Waals surface area contributed by atoms with Gasteiger partial charge in [0, 0.05) is 23.7 Å². The molecule has 2 nitrogen and oxygen atoms in total. The lowest BCUT2D eigenvalue weighted by molar-refractivity contribution is 0.102. The molecule has 0 amide bonds. The molecule has 0 bridgehead atoms. The van der Waals surface area contributed by atoms with Crippen molar-refractivity contribution in [3.8, 4) is 0 Å². The highest BCUT2D eigenvalue weighted by Crippen LogP contribution is 2.31. The van der Waals surface area contributed by atoms with Gasteiger partial charge in [0.25, 0.3) is 0 Å². The topological polar surface area (TPSA) is 18.5 Å². The van der Waals surface area contributed by atoms with Crippen LogP contribution in [-0.2, 0) is 9.47 Å². The molecule has 0 aromatic heterocycles. The first-order chi connectivity index (χ1) is 12.3. The standard InChI is InChI=1S/C22H42O2S/c1-3-21(15-7-5-11-19-13-9-17-23-19)25-22(4-2)16-8-6-12-20-14-10-18-24-20/h19-22H,3-18H2,1-2H3. The van der Waals surface area contributed by atoms with Crippen molar-refractivity contribution >= 4 is 11.8 Å². The van der Waals surface area contributed by atoms with Crippen LogP contribution in [0.2, 0.25) is 0 Å². The molecule has 0 aromatic carbocycles. The quantitative estimate of drug-likeness (QED) is 0.315. The Hall–Kier alpha value is 0.270. The Kier molecular flexibility index (Phi) is 11.6. The zero-order valence-electron chi connectivity index (χ0n) is 16.8. The molecule has 2 rings (SSSR count). The molecule has 148 valence electrons. The summed E-state index contributed by atoms with van der Waals surface area (Å²) in [5.74, 6) is 0. The lowest BCUT2D eigenvalue weighted by Crippen LogP contribution is -2.11. The van der Waals surface area contributed by atoms with Crippen LogP contribution in [0.3, 0.4) is 0 Å². The van der Waals surface area contributed by atoms with Gasteiger partial charge in [-0.15, -0.1) is 0 Å². The summed E-state index contributed by atoms with van der Waals surface area (Å²) in [6.07, 6.45) is 19.9. The van der Waals surface area contributed by atoms with E-state index < -0.39 is 0 Å². The smallest absolute Gasteiger partial charge is 0.0576 e. The first-order valence-corrected chi connectivity index (χ1v) is 12.1. The van der Waals surface area contributed by atoms with Gasteiger partial charge in [-0.2, -0.15) is 11.8 Å². The van der Waals surface area contributed by atoms with E-state index >= 15 is 0 Å². The summed E-state index contributed by atoms with van der Waals surface area (Å²) in [4.78, 5) is 0. The van der Waals surface area contributed by atoms with Crippen LogP contribution < -0.4 is 0 Å². The zero-order chi connectivity index (χ0) is 17.7. The molecule has 4 atom stereocenters. The molecule has 0 aliphatic carbocycles. The lowest BCUT2D eigenvalue weighted by Gasteiger charge is -2.22. The van der Waals surface area contributed by atoms with Gasteiger partial charge < -0.3 is 9.47 Å². The number of hydrogen-bond donors (Lipinski definition) is 0. The van der Waals surface area contributed by atoms with Crippen molar-refractivity contribution in [2.24, 2.45) is 0 Å². The van der Waals surface area contributed by atoms with E-state index in [1.165, 1.54) is 89.9 Å². The number of hydrogen-bond acceptors (Lipinski definition) is 3. The van der Waals surface area contributed by atoms with Gasteiger partial charge in [-0.1, -0.05) is 39.5 Å². The van der Waals surface area contributed by atoms with E-state index in [0.29, 0.717) is 12.2 Å². The van der Waals surface area contributed by atoms with Crippen molar-refractivity contribution in [1.29, 1.82) is 0 Å². The average Bonchev–Trinajstić information content (AvgIpc) is 3.33. The zero-order valence-corrected chi connectivity index (χ0v) is 17.7. The second-order valence-electron chi connectivity index (χ2n) is 8.04. The SMILES string of the molecule is CCC(CCCCC1CCCO1)SC(CC)CCCCC1CCCO1. The predicted molar refractivity (Wildman–Crippen MR) is 111 cm³/mol. The number of ether oxygens (including phenoxy) is 2. The Morgan fingerprint density at radius 2 is 1.24 bits per heavy atom. The fourth-order valence-electron chi connectivity index (χ4n) is 4.24. The van der Waals surface area contributed by atoms with Crippen LogP contribution in [-0.4, -0.2) is 35.9 Å². The Balaban J connectivity index is 1.51. The van der Waals surface area contributed by atoms with E-state index in [0.717, 1.165) is 23.7 Å². The van der Waals surface area contributed by atoms with Crippen molar-refractivity contribution in [2.45, 2.75) is 126 Å². The molecular weight excluding hydrogens is 328 g/mol. The molecule has 2 fully saturated rings. The van der Waals surface area contributed by atoms with Gasteiger partial charge in [-0.25, -0.2) is 0 Å². The van der Waals surface area contributed by atoms with Crippen LogP contribution in [0.15, 0.2) is 0 Å². The molecule has 4 unspecified atom stereocenters. The number of unbranched alkanes of at least 4 members (excludes halogenated alkanes) is 2. The maximum Gasteiger partial charge on any atom is 0.0576 e. The van der Waals surface area contributed by atoms with Crippen molar-refractivity contribution in [2.75, 3.05) is 13.2 Å². The van der Waals surface area contributed by atoms with Gasteiger partial charge in [-0.3, -0.25) is 0 Å². The van der Waals surface area contributed by atoms with Gasteiger partial charge >= 0.3 is 0 Å². The Bertz CT molecular complexity index is 281. The highest BCUT2D eigenvalue weighted by Gasteiger charge is 2.18. The van der Waals surface area contributed by atoms with E-state index in [1.807, 2.05) is 0 Å². The minimum atomic E-state index is 0.583. The summed E-state index contributed by atoms with van der Waals surface area (Å²) < 4.78 is 11.5. The lowest BCUT2D eigenvalue weighted by atomic mass is 10.1. The van der Waals surface area contributed by atoms with Crippen molar-refractivity contribution in [1.82, 2.24) is 0 Å². The second kappa shape index (κ2) is 13.4. The van der Waals surface area contributed by atoms with Gasteiger partial charge in [0.1, 0.15) is 0 Å². The third-order valence-electron chi connectivity index (χ3n) is 5.95. The Morgan fingerprint density at radius 1 is 0.760 bits per heavy atom. The molecule has 2 saturated heterocycles. The molecular formula is C22H42O2S. The maximum absolute atomic E-state index is 5.75. The van der Waals surface area contributed by atoms with Gasteiger partial charge in [0.05, 0.1) is 12.2 Å². The van der Waals surface area contributed by atoms with Crippen molar-refractivity contribution < 1.29 is 9.47 Å². The average molecular weight is 371 g/mol. The predicted octanol–water partition coefficient (Wildman–Crippen LogP) is 6.76.